The monoisotopic (exact) mass is 197 g/mol. The zero-order valence-electron chi connectivity index (χ0n) is 9.30. The quantitative estimate of drug-likeness (QED) is 0.732. The van der Waals surface area contributed by atoms with Crippen LogP contribution in [0, 0.1) is 11.8 Å². The number of piperidine rings is 1. The van der Waals surface area contributed by atoms with Gasteiger partial charge in [-0.05, 0) is 57.0 Å². The molecule has 0 saturated carbocycles. The Labute approximate surface area is 87.4 Å². The van der Waals surface area contributed by atoms with E-state index in [1.54, 1.807) is 0 Å². The van der Waals surface area contributed by atoms with Gasteiger partial charge in [0.1, 0.15) is 0 Å². The molecule has 2 heterocycles. The van der Waals surface area contributed by atoms with Gasteiger partial charge >= 0.3 is 0 Å². The predicted octanol–water partition coefficient (Wildman–Crippen LogP) is 2.19. The molecule has 0 aromatic carbocycles. The number of hydrogen-bond donors (Lipinski definition) is 1. The van der Waals surface area contributed by atoms with Crippen LogP contribution in [0.25, 0.3) is 0 Å². The maximum Gasteiger partial charge on any atom is 0.0580 e. The summed E-state index contributed by atoms with van der Waals surface area (Å²) in [6, 6.07) is 0. The Morgan fingerprint density at radius 2 is 2.00 bits per heavy atom. The van der Waals surface area contributed by atoms with E-state index in [1.165, 1.54) is 45.2 Å². The van der Waals surface area contributed by atoms with E-state index < -0.39 is 0 Å². The fourth-order valence-electron chi connectivity index (χ4n) is 2.72. The highest BCUT2D eigenvalue weighted by Crippen LogP contribution is 2.27. The van der Waals surface area contributed by atoms with Crippen molar-refractivity contribution in [2.24, 2.45) is 11.8 Å². The molecule has 2 atom stereocenters. The molecule has 0 bridgehead atoms. The van der Waals surface area contributed by atoms with Crippen molar-refractivity contribution in [3.8, 4) is 0 Å². The first-order valence-electron chi connectivity index (χ1n) is 6.17. The van der Waals surface area contributed by atoms with Gasteiger partial charge in [0.25, 0.3) is 0 Å². The lowest BCUT2D eigenvalue weighted by Gasteiger charge is -2.31. The maximum atomic E-state index is 5.83. The lowest BCUT2D eigenvalue weighted by molar-refractivity contribution is -0.0201. The zero-order chi connectivity index (χ0) is 9.80. The highest BCUT2D eigenvalue weighted by atomic mass is 16.5. The third kappa shape index (κ3) is 2.96. The molecule has 0 aromatic heterocycles. The topological polar surface area (TPSA) is 21.3 Å². The first-order chi connectivity index (χ1) is 6.84. The number of hydrogen-bond acceptors (Lipinski definition) is 2. The van der Waals surface area contributed by atoms with Gasteiger partial charge in [0.2, 0.25) is 0 Å². The van der Waals surface area contributed by atoms with Gasteiger partial charge in [0.15, 0.2) is 0 Å². The minimum Gasteiger partial charge on any atom is -0.378 e. The molecule has 0 spiro atoms. The lowest BCUT2D eigenvalue weighted by atomic mass is 9.87. The molecule has 0 aromatic rings. The second kappa shape index (κ2) is 5.13. The van der Waals surface area contributed by atoms with Crippen LogP contribution in [0.5, 0.6) is 0 Å². The van der Waals surface area contributed by atoms with E-state index >= 15 is 0 Å². The second-order valence-electron chi connectivity index (χ2n) is 5.05. The Balaban J connectivity index is 1.72. The molecular weight excluding hydrogens is 174 g/mol. The fourth-order valence-corrected chi connectivity index (χ4v) is 2.72. The summed E-state index contributed by atoms with van der Waals surface area (Å²) in [5.41, 5.74) is 0. The highest BCUT2D eigenvalue weighted by Gasteiger charge is 2.23. The van der Waals surface area contributed by atoms with E-state index in [9.17, 15) is 0 Å². The number of nitrogens with one attached hydrogen (secondary N) is 1. The van der Waals surface area contributed by atoms with Crippen molar-refractivity contribution >= 4 is 0 Å². The zero-order valence-corrected chi connectivity index (χ0v) is 9.30. The predicted molar refractivity (Wildman–Crippen MR) is 58.3 cm³/mol. The van der Waals surface area contributed by atoms with E-state index in [2.05, 4.69) is 12.2 Å². The van der Waals surface area contributed by atoms with Crippen molar-refractivity contribution in [1.82, 2.24) is 5.32 Å². The Morgan fingerprint density at radius 1 is 1.21 bits per heavy atom. The Kier molecular flexibility index (Phi) is 3.82. The van der Waals surface area contributed by atoms with E-state index in [0.29, 0.717) is 6.10 Å². The average molecular weight is 197 g/mol. The molecule has 1 unspecified atom stereocenters. The minimum atomic E-state index is 0.571. The molecule has 2 rings (SSSR count). The largest absolute Gasteiger partial charge is 0.378 e. The highest BCUT2D eigenvalue weighted by molar-refractivity contribution is 4.76. The van der Waals surface area contributed by atoms with Crippen LogP contribution in [-0.2, 0) is 4.74 Å². The van der Waals surface area contributed by atoms with Crippen LogP contribution >= 0.6 is 0 Å². The molecule has 1 N–H and O–H groups in total. The summed E-state index contributed by atoms with van der Waals surface area (Å²) in [7, 11) is 0. The maximum absolute atomic E-state index is 5.83. The summed E-state index contributed by atoms with van der Waals surface area (Å²) in [6.07, 6.45) is 7.16. The van der Waals surface area contributed by atoms with Crippen LogP contribution in [0.4, 0.5) is 0 Å². The Morgan fingerprint density at radius 3 is 2.71 bits per heavy atom. The van der Waals surface area contributed by atoms with Gasteiger partial charge in [0.05, 0.1) is 6.10 Å². The van der Waals surface area contributed by atoms with Gasteiger partial charge in [-0.2, -0.15) is 0 Å². The van der Waals surface area contributed by atoms with Crippen molar-refractivity contribution in [2.75, 3.05) is 19.7 Å². The van der Waals surface area contributed by atoms with Crippen molar-refractivity contribution in [3.05, 3.63) is 0 Å². The molecule has 2 fully saturated rings. The third-order valence-electron chi connectivity index (χ3n) is 3.68. The first kappa shape index (κ1) is 10.4. The number of rotatable bonds is 2. The first-order valence-corrected chi connectivity index (χ1v) is 6.17. The minimum absolute atomic E-state index is 0.571. The summed E-state index contributed by atoms with van der Waals surface area (Å²) in [4.78, 5) is 0. The molecule has 2 aliphatic heterocycles. The summed E-state index contributed by atoms with van der Waals surface area (Å²) in [5.74, 6) is 1.81. The van der Waals surface area contributed by atoms with Crippen LogP contribution in [0.3, 0.4) is 0 Å². The summed E-state index contributed by atoms with van der Waals surface area (Å²) < 4.78 is 5.83. The van der Waals surface area contributed by atoms with E-state index in [0.717, 1.165) is 18.4 Å². The van der Waals surface area contributed by atoms with E-state index in [-0.39, 0.29) is 0 Å². The SMILES string of the molecule is CC1CCO[C@@H](CC2CCNCC2)C1. The fraction of sp³-hybridized carbons (Fsp3) is 1.00. The molecule has 0 radical (unpaired) electrons. The molecule has 2 saturated heterocycles. The average Bonchev–Trinajstić information content (AvgIpc) is 2.19. The summed E-state index contributed by atoms with van der Waals surface area (Å²) >= 11 is 0. The van der Waals surface area contributed by atoms with Crippen molar-refractivity contribution < 1.29 is 4.74 Å². The van der Waals surface area contributed by atoms with Gasteiger partial charge in [-0.15, -0.1) is 0 Å². The van der Waals surface area contributed by atoms with Crippen LogP contribution in [0.1, 0.15) is 39.0 Å². The van der Waals surface area contributed by atoms with Crippen LogP contribution < -0.4 is 5.32 Å². The number of ether oxygens (including phenoxy) is 1. The Bertz CT molecular complexity index is 166. The third-order valence-corrected chi connectivity index (χ3v) is 3.68. The summed E-state index contributed by atoms with van der Waals surface area (Å²) in [5, 5.41) is 3.42. The van der Waals surface area contributed by atoms with Crippen molar-refractivity contribution in [1.29, 1.82) is 0 Å². The molecule has 82 valence electrons. The summed E-state index contributed by atoms with van der Waals surface area (Å²) in [6.45, 7) is 5.79. The molecule has 14 heavy (non-hydrogen) atoms. The van der Waals surface area contributed by atoms with E-state index in [1.807, 2.05) is 0 Å². The van der Waals surface area contributed by atoms with E-state index in [4.69, 9.17) is 4.74 Å². The van der Waals surface area contributed by atoms with Gasteiger partial charge < -0.3 is 10.1 Å². The van der Waals surface area contributed by atoms with Crippen LogP contribution in [0.2, 0.25) is 0 Å². The molecule has 2 aliphatic rings. The van der Waals surface area contributed by atoms with Gasteiger partial charge in [-0.1, -0.05) is 6.92 Å². The van der Waals surface area contributed by atoms with Gasteiger partial charge in [-0.25, -0.2) is 0 Å². The van der Waals surface area contributed by atoms with Crippen molar-refractivity contribution in [3.63, 3.8) is 0 Å². The van der Waals surface area contributed by atoms with Crippen LogP contribution in [-0.4, -0.2) is 25.8 Å². The Hall–Kier alpha value is -0.0800. The van der Waals surface area contributed by atoms with Crippen LogP contribution in [0.15, 0.2) is 0 Å². The molecule has 2 nitrogen and oxygen atoms in total. The smallest absolute Gasteiger partial charge is 0.0580 e. The van der Waals surface area contributed by atoms with Gasteiger partial charge in [0, 0.05) is 6.61 Å². The normalized spacial score (nSPS) is 35.8. The molecular formula is C12H23NO. The lowest BCUT2D eigenvalue weighted by Crippen LogP contribution is -2.32. The molecule has 0 aliphatic carbocycles. The molecule has 0 amide bonds. The standard InChI is InChI=1S/C12H23NO/c1-10-4-7-14-12(8-10)9-11-2-5-13-6-3-11/h10-13H,2-9H2,1H3/t10?,12-/m1/s1. The second-order valence-corrected chi connectivity index (χ2v) is 5.05. The van der Waals surface area contributed by atoms with Crippen molar-refractivity contribution in [2.45, 2.75) is 45.1 Å². The van der Waals surface area contributed by atoms with Gasteiger partial charge in [-0.3, -0.25) is 0 Å². The molecule has 2 heteroatoms.